The summed E-state index contributed by atoms with van der Waals surface area (Å²) in [5.41, 5.74) is 0.533. The van der Waals surface area contributed by atoms with Crippen molar-refractivity contribution in [2.24, 2.45) is 0 Å². The van der Waals surface area contributed by atoms with Crippen LogP contribution in [-0.2, 0) is 4.79 Å². The summed E-state index contributed by atoms with van der Waals surface area (Å²) in [5, 5.41) is 0. The smallest absolute Gasteiger partial charge is 0.326 e. The van der Waals surface area contributed by atoms with E-state index >= 15 is 0 Å². The maximum Gasteiger partial charge on any atom is 0.326 e. The zero-order valence-corrected chi connectivity index (χ0v) is 16.5. The third-order valence-corrected chi connectivity index (χ3v) is 5.44. The van der Waals surface area contributed by atoms with Gasteiger partial charge in [-0.15, -0.1) is 0 Å². The lowest BCUT2D eigenvalue weighted by atomic mass is 10.0. The fourth-order valence-corrected chi connectivity index (χ4v) is 3.99. The molecule has 1 saturated heterocycles. The average Bonchev–Trinajstić information content (AvgIpc) is 3.05. The Kier molecular flexibility index (Phi) is 4.90. The van der Waals surface area contributed by atoms with E-state index in [2.05, 4.69) is 4.98 Å². The lowest BCUT2D eigenvalue weighted by Crippen LogP contribution is -2.51. The number of nitrogens with zero attached hydrogens (tertiary/aromatic N) is 2. The Labute approximate surface area is 167 Å². The number of hydrogen-bond acceptors (Lipinski definition) is 3. The fourth-order valence-electron chi connectivity index (χ4n) is 3.99. The van der Waals surface area contributed by atoms with Crippen LogP contribution in [0.4, 0.5) is 4.39 Å². The van der Waals surface area contributed by atoms with E-state index in [0.717, 1.165) is 11.0 Å². The SMILES string of the molecule is CC(C)(Oc1ccc(F)cc1)C(=O)N1CCC(n2c(=O)[nH]c3ccccc32)CC1. The van der Waals surface area contributed by atoms with Crippen LogP contribution in [0.3, 0.4) is 0 Å². The summed E-state index contributed by atoms with van der Waals surface area (Å²) in [4.78, 5) is 30.1. The van der Waals surface area contributed by atoms with Crippen molar-refractivity contribution in [3.05, 3.63) is 64.8 Å². The van der Waals surface area contributed by atoms with Gasteiger partial charge in [-0.05, 0) is 63.1 Å². The normalized spacial score (nSPS) is 15.6. The average molecular weight is 397 g/mol. The standard InChI is InChI=1S/C22H24FN3O3/c1-22(2,29-17-9-7-15(23)8-10-17)20(27)25-13-11-16(12-14-25)26-19-6-4-3-5-18(19)24-21(26)28/h3-10,16H,11-14H2,1-2H3,(H,24,28). The third-order valence-electron chi connectivity index (χ3n) is 5.44. The molecule has 1 aromatic heterocycles. The summed E-state index contributed by atoms with van der Waals surface area (Å²) in [6.45, 7) is 4.53. The van der Waals surface area contributed by atoms with Crippen molar-refractivity contribution in [3.63, 3.8) is 0 Å². The van der Waals surface area contributed by atoms with Crippen molar-refractivity contribution in [1.29, 1.82) is 0 Å². The topological polar surface area (TPSA) is 67.3 Å². The molecule has 4 rings (SSSR count). The molecule has 0 atom stereocenters. The molecule has 0 spiro atoms. The van der Waals surface area contributed by atoms with E-state index in [1.54, 1.807) is 23.3 Å². The summed E-state index contributed by atoms with van der Waals surface area (Å²) < 4.78 is 20.7. The Bertz CT molecular complexity index is 1080. The van der Waals surface area contributed by atoms with Gasteiger partial charge in [0.1, 0.15) is 11.6 Å². The molecule has 3 aromatic rings. The number of aromatic nitrogens is 2. The van der Waals surface area contributed by atoms with Gasteiger partial charge < -0.3 is 14.6 Å². The molecule has 6 nitrogen and oxygen atoms in total. The lowest BCUT2D eigenvalue weighted by Gasteiger charge is -2.37. The van der Waals surface area contributed by atoms with Gasteiger partial charge in [0, 0.05) is 19.1 Å². The van der Waals surface area contributed by atoms with Gasteiger partial charge in [0.25, 0.3) is 5.91 Å². The number of para-hydroxylation sites is 2. The summed E-state index contributed by atoms with van der Waals surface area (Å²) in [6, 6.07) is 13.3. The molecule has 0 bridgehead atoms. The molecule has 0 radical (unpaired) electrons. The van der Waals surface area contributed by atoms with E-state index in [1.807, 2.05) is 24.3 Å². The number of imidazole rings is 1. The third kappa shape index (κ3) is 3.77. The number of benzene rings is 2. The van der Waals surface area contributed by atoms with Gasteiger partial charge in [-0.1, -0.05) is 12.1 Å². The number of aromatic amines is 1. The minimum absolute atomic E-state index is 0.0452. The van der Waals surface area contributed by atoms with Gasteiger partial charge in [0.2, 0.25) is 0 Å². The zero-order chi connectivity index (χ0) is 20.6. The van der Waals surface area contributed by atoms with Gasteiger partial charge in [-0.2, -0.15) is 0 Å². The number of piperidine rings is 1. The Hall–Kier alpha value is -3.09. The Morgan fingerprint density at radius 3 is 2.45 bits per heavy atom. The van der Waals surface area contributed by atoms with Gasteiger partial charge in [-0.3, -0.25) is 9.36 Å². The van der Waals surface area contributed by atoms with Crippen LogP contribution >= 0.6 is 0 Å². The van der Waals surface area contributed by atoms with Gasteiger partial charge in [0.05, 0.1) is 11.0 Å². The molecule has 29 heavy (non-hydrogen) atoms. The van der Waals surface area contributed by atoms with E-state index < -0.39 is 5.60 Å². The number of hydrogen-bond donors (Lipinski definition) is 1. The highest BCUT2D eigenvalue weighted by Crippen LogP contribution is 2.27. The van der Waals surface area contributed by atoms with Crippen molar-refractivity contribution in [3.8, 4) is 5.75 Å². The Balaban J connectivity index is 1.44. The molecular weight excluding hydrogens is 373 g/mol. The summed E-state index contributed by atoms with van der Waals surface area (Å²) >= 11 is 0. The van der Waals surface area contributed by atoms with Crippen molar-refractivity contribution in [2.75, 3.05) is 13.1 Å². The molecule has 1 amide bonds. The van der Waals surface area contributed by atoms with Crippen LogP contribution in [0.25, 0.3) is 11.0 Å². The predicted molar refractivity (Wildman–Crippen MR) is 109 cm³/mol. The number of amides is 1. The van der Waals surface area contributed by atoms with Crippen molar-refractivity contribution >= 4 is 16.9 Å². The number of carbonyl (C=O) groups excluding carboxylic acids is 1. The molecule has 2 heterocycles. The van der Waals surface area contributed by atoms with Crippen molar-refractivity contribution in [1.82, 2.24) is 14.5 Å². The Morgan fingerprint density at radius 2 is 1.76 bits per heavy atom. The number of H-pyrrole nitrogens is 1. The number of ether oxygens (including phenoxy) is 1. The van der Waals surface area contributed by atoms with Crippen LogP contribution in [0, 0.1) is 5.82 Å². The monoisotopic (exact) mass is 397 g/mol. The second kappa shape index (κ2) is 7.39. The molecule has 0 saturated carbocycles. The molecule has 2 aromatic carbocycles. The molecule has 7 heteroatoms. The highest BCUT2D eigenvalue weighted by atomic mass is 19.1. The molecule has 152 valence electrons. The second-order valence-electron chi connectivity index (χ2n) is 7.91. The zero-order valence-electron chi connectivity index (χ0n) is 16.5. The number of carbonyl (C=O) groups is 1. The van der Waals surface area contributed by atoms with E-state index in [0.29, 0.717) is 31.7 Å². The minimum atomic E-state index is -1.07. The van der Waals surface area contributed by atoms with E-state index in [1.165, 1.54) is 24.3 Å². The highest BCUT2D eigenvalue weighted by molar-refractivity contribution is 5.85. The molecule has 0 aliphatic carbocycles. The molecular formula is C22H24FN3O3. The Morgan fingerprint density at radius 1 is 1.10 bits per heavy atom. The molecule has 1 aliphatic heterocycles. The molecule has 1 fully saturated rings. The number of nitrogens with one attached hydrogen (secondary N) is 1. The number of halogens is 1. The molecule has 0 unspecified atom stereocenters. The molecule has 1 N–H and O–H groups in total. The van der Waals surface area contributed by atoms with Crippen LogP contribution in [0.15, 0.2) is 53.3 Å². The second-order valence-corrected chi connectivity index (χ2v) is 7.91. The van der Waals surface area contributed by atoms with E-state index in [-0.39, 0.29) is 23.5 Å². The van der Waals surface area contributed by atoms with E-state index in [9.17, 15) is 14.0 Å². The minimum Gasteiger partial charge on any atom is -0.478 e. The summed E-state index contributed by atoms with van der Waals surface area (Å²) in [7, 11) is 0. The van der Waals surface area contributed by atoms with Gasteiger partial charge in [-0.25, -0.2) is 9.18 Å². The van der Waals surface area contributed by atoms with Crippen LogP contribution < -0.4 is 10.4 Å². The van der Waals surface area contributed by atoms with E-state index in [4.69, 9.17) is 4.74 Å². The van der Waals surface area contributed by atoms with Crippen LogP contribution in [0.2, 0.25) is 0 Å². The quantitative estimate of drug-likeness (QED) is 0.733. The number of fused-ring (bicyclic) bond motifs is 1. The first-order valence-electron chi connectivity index (χ1n) is 9.78. The number of rotatable bonds is 4. The van der Waals surface area contributed by atoms with Crippen molar-refractivity contribution in [2.45, 2.75) is 38.3 Å². The molecule has 1 aliphatic rings. The fraction of sp³-hybridized carbons (Fsp3) is 0.364. The summed E-state index contributed by atoms with van der Waals surface area (Å²) in [5.74, 6) is -0.0207. The largest absolute Gasteiger partial charge is 0.478 e. The summed E-state index contributed by atoms with van der Waals surface area (Å²) in [6.07, 6.45) is 1.39. The predicted octanol–water partition coefficient (Wildman–Crippen LogP) is 3.49. The highest BCUT2D eigenvalue weighted by Gasteiger charge is 2.36. The maximum absolute atomic E-state index is 13.1. The first-order chi connectivity index (χ1) is 13.8. The maximum atomic E-state index is 13.1. The van der Waals surface area contributed by atoms with Crippen LogP contribution in [0.5, 0.6) is 5.75 Å². The van der Waals surface area contributed by atoms with Crippen LogP contribution in [-0.4, -0.2) is 39.0 Å². The first kappa shape index (κ1) is 19.2. The number of likely N-dealkylation sites (tertiary alicyclic amines) is 1. The van der Waals surface area contributed by atoms with Gasteiger partial charge >= 0.3 is 5.69 Å². The van der Waals surface area contributed by atoms with Crippen LogP contribution in [0.1, 0.15) is 32.7 Å². The lowest BCUT2D eigenvalue weighted by molar-refractivity contribution is -0.146. The van der Waals surface area contributed by atoms with Crippen molar-refractivity contribution < 1.29 is 13.9 Å². The first-order valence-corrected chi connectivity index (χ1v) is 9.78. The van der Waals surface area contributed by atoms with Gasteiger partial charge in [0.15, 0.2) is 5.60 Å².